The second-order valence-corrected chi connectivity index (χ2v) is 7.18. The van der Waals surface area contributed by atoms with Crippen LogP contribution in [0.15, 0.2) is 45.0 Å². The van der Waals surface area contributed by atoms with E-state index in [0.29, 0.717) is 20.7 Å². The van der Waals surface area contributed by atoms with E-state index in [2.05, 4.69) is 20.9 Å². The van der Waals surface area contributed by atoms with Crippen LogP contribution in [0, 0.1) is 6.92 Å². The standard InChI is InChI=1S/C9H10BrN3OS.C8H8O3/c1-4-3-15-9-12-7(5(2)11)6(10)8(14)13(4)9;9-7(8(10)11)6-4-2-1-3-5-6/h3,5H,11H2,1-2H3;1-5,7,9H,(H,10,11)/t5-;7-/m00/s1. The topological polar surface area (TPSA) is 118 Å². The average Bonchev–Trinajstić information content (AvgIpc) is 2.99. The lowest BCUT2D eigenvalue weighted by Gasteiger charge is -2.07. The third-order valence-electron chi connectivity index (χ3n) is 3.49. The minimum Gasteiger partial charge on any atom is -0.479 e. The fourth-order valence-corrected chi connectivity index (χ4v) is 3.65. The number of carbonyl (C=O) groups is 1. The number of halogens is 1. The third-order valence-corrected chi connectivity index (χ3v) is 5.18. The summed E-state index contributed by atoms with van der Waals surface area (Å²) in [5, 5.41) is 19.3. The number of hydrogen-bond acceptors (Lipinski definition) is 6. The number of aliphatic hydroxyl groups excluding tert-OH is 1. The van der Waals surface area contributed by atoms with Gasteiger partial charge in [0.05, 0.1) is 5.69 Å². The molecule has 7 nitrogen and oxygen atoms in total. The molecule has 0 saturated carbocycles. The van der Waals surface area contributed by atoms with Crippen molar-refractivity contribution in [2.24, 2.45) is 5.73 Å². The Morgan fingerprint density at radius 3 is 2.50 bits per heavy atom. The molecule has 26 heavy (non-hydrogen) atoms. The molecule has 0 saturated heterocycles. The van der Waals surface area contributed by atoms with Crippen LogP contribution in [-0.4, -0.2) is 25.6 Å². The summed E-state index contributed by atoms with van der Waals surface area (Å²) < 4.78 is 2.04. The number of aliphatic hydroxyl groups is 1. The summed E-state index contributed by atoms with van der Waals surface area (Å²) in [4.78, 5) is 27.3. The molecule has 3 aromatic rings. The van der Waals surface area contributed by atoms with Gasteiger partial charge in [-0.2, -0.15) is 0 Å². The fraction of sp³-hybridized carbons (Fsp3) is 0.235. The van der Waals surface area contributed by atoms with Crippen LogP contribution in [0.5, 0.6) is 0 Å². The number of rotatable bonds is 3. The van der Waals surface area contributed by atoms with Crippen molar-refractivity contribution in [1.82, 2.24) is 9.38 Å². The first kappa shape index (κ1) is 20.2. The van der Waals surface area contributed by atoms with Crippen molar-refractivity contribution in [2.75, 3.05) is 0 Å². The Hall–Kier alpha value is -2.07. The van der Waals surface area contributed by atoms with Crippen LogP contribution in [0.3, 0.4) is 0 Å². The Bertz CT molecular complexity index is 969. The quantitative estimate of drug-likeness (QED) is 0.577. The average molecular weight is 440 g/mol. The lowest BCUT2D eigenvalue weighted by molar-refractivity contribution is -0.146. The normalized spacial score (nSPS) is 13.0. The molecule has 0 unspecified atom stereocenters. The van der Waals surface area contributed by atoms with Crippen LogP contribution < -0.4 is 11.3 Å². The van der Waals surface area contributed by atoms with Gasteiger partial charge in [-0.05, 0) is 35.3 Å². The van der Waals surface area contributed by atoms with E-state index in [1.54, 1.807) is 34.7 Å². The Morgan fingerprint density at radius 2 is 1.96 bits per heavy atom. The van der Waals surface area contributed by atoms with E-state index in [1.807, 2.05) is 19.2 Å². The van der Waals surface area contributed by atoms with Gasteiger partial charge in [0.1, 0.15) is 4.47 Å². The molecule has 0 radical (unpaired) electrons. The van der Waals surface area contributed by atoms with E-state index >= 15 is 0 Å². The zero-order valence-corrected chi connectivity index (χ0v) is 16.5. The van der Waals surface area contributed by atoms with Gasteiger partial charge in [0.15, 0.2) is 11.1 Å². The van der Waals surface area contributed by atoms with Crippen LogP contribution in [-0.2, 0) is 4.79 Å². The number of thiazole rings is 1. The Morgan fingerprint density at radius 1 is 1.35 bits per heavy atom. The molecule has 4 N–H and O–H groups in total. The SMILES string of the molecule is Cc1csc2nc([C@H](C)N)c(Br)c(=O)n12.O=C(O)[C@@H](O)c1ccccc1. The van der Waals surface area contributed by atoms with Gasteiger partial charge in [-0.25, -0.2) is 9.78 Å². The van der Waals surface area contributed by atoms with Crippen molar-refractivity contribution in [1.29, 1.82) is 0 Å². The predicted octanol–water partition coefficient (Wildman–Crippen LogP) is 2.65. The maximum Gasteiger partial charge on any atom is 0.337 e. The number of hydrogen-bond donors (Lipinski definition) is 3. The molecule has 0 aliphatic carbocycles. The minimum atomic E-state index is -1.41. The third kappa shape index (κ3) is 4.36. The molecule has 2 atom stereocenters. The highest BCUT2D eigenvalue weighted by atomic mass is 79.9. The van der Waals surface area contributed by atoms with Crippen molar-refractivity contribution in [3.8, 4) is 0 Å². The molecule has 0 aliphatic rings. The highest BCUT2D eigenvalue weighted by Gasteiger charge is 2.15. The van der Waals surface area contributed by atoms with Gasteiger partial charge in [-0.3, -0.25) is 9.20 Å². The minimum absolute atomic E-state index is 0.0916. The van der Waals surface area contributed by atoms with Crippen LogP contribution in [0.1, 0.15) is 36.0 Å². The lowest BCUT2D eigenvalue weighted by Crippen LogP contribution is -2.21. The van der Waals surface area contributed by atoms with Gasteiger partial charge in [0.25, 0.3) is 5.56 Å². The molecular weight excluding hydrogens is 422 g/mol. The van der Waals surface area contributed by atoms with Gasteiger partial charge in [0, 0.05) is 17.1 Å². The zero-order chi connectivity index (χ0) is 19.4. The van der Waals surface area contributed by atoms with Crippen LogP contribution >= 0.6 is 27.3 Å². The van der Waals surface area contributed by atoms with Gasteiger partial charge < -0.3 is 15.9 Å². The Balaban J connectivity index is 0.000000197. The Kier molecular flexibility index (Phi) is 6.65. The molecule has 2 heterocycles. The summed E-state index contributed by atoms with van der Waals surface area (Å²) in [7, 11) is 0. The number of benzene rings is 1. The molecule has 0 amide bonds. The second-order valence-electron chi connectivity index (χ2n) is 5.55. The smallest absolute Gasteiger partial charge is 0.337 e. The number of nitrogens with zero attached hydrogens (tertiary/aromatic N) is 2. The van der Waals surface area contributed by atoms with Crippen molar-refractivity contribution >= 4 is 38.2 Å². The number of aryl methyl sites for hydroxylation is 1. The van der Waals surface area contributed by atoms with E-state index in [-0.39, 0.29) is 11.6 Å². The molecule has 1 aromatic carbocycles. The number of nitrogens with two attached hydrogens (primary N) is 1. The van der Waals surface area contributed by atoms with Crippen molar-refractivity contribution < 1.29 is 15.0 Å². The van der Waals surface area contributed by atoms with Gasteiger partial charge in [0.2, 0.25) is 0 Å². The Labute approximate surface area is 161 Å². The van der Waals surface area contributed by atoms with Crippen molar-refractivity contribution in [3.05, 3.63) is 67.5 Å². The number of aliphatic carboxylic acids is 1. The maximum absolute atomic E-state index is 12.0. The molecule has 0 spiro atoms. The molecule has 2 aromatic heterocycles. The number of fused-ring (bicyclic) bond motifs is 1. The second kappa shape index (κ2) is 8.54. The monoisotopic (exact) mass is 439 g/mol. The highest BCUT2D eigenvalue weighted by Crippen LogP contribution is 2.20. The molecule has 3 rings (SSSR count). The van der Waals surface area contributed by atoms with Gasteiger partial charge in [-0.1, -0.05) is 30.3 Å². The van der Waals surface area contributed by atoms with Gasteiger partial charge in [-0.15, -0.1) is 11.3 Å². The first-order valence-electron chi connectivity index (χ1n) is 7.61. The zero-order valence-electron chi connectivity index (χ0n) is 14.1. The first-order chi connectivity index (χ1) is 12.2. The van der Waals surface area contributed by atoms with E-state index in [4.69, 9.17) is 15.9 Å². The van der Waals surface area contributed by atoms with Crippen LogP contribution in [0.4, 0.5) is 0 Å². The highest BCUT2D eigenvalue weighted by molar-refractivity contribution is 9.10. The molecule has 0 fully saturated rings. The molecule has 0 aliphatic heterocycles. The largest absolute Gasteiger partial charge is 0.479 e. The van der Waals surface area contributed by atoms with E-state index in [0.717, 1.165) is 5.69 Å². The van der Waals surface area contributed by atoms with Crippen molar-refractivity contribution in [2.45, 2.75) is 26.0 Å². The molecule has 0 bridgehead atoms. The summed E-state index contributed by atoms with van der Waals surface area (Å²) in [6, 6.07) is 8.01. The molecular formula is C17H18BrN3O4S. The molecule has 9 heteroatoms. The number of aromatic nitrogens is 2. The summed E-state index contributed by atoms with van der Waals surface area (Å²) >= 11 is 4.69. The maximum atomic E-state index is 12.0. The van der Waals surface area contributed by atoms with Gasteiger partial charge >= 0.3 is 5.97 Å². The lowest BCUT2D eigenvalue weighted by atomic mass is 10.1. The summed E-state index contributed by atoms with van der Waals surface area (Å²) in [5.41, 5.74) is 7.56. The van der Waals surface area contributed by atoms with Crippen LogP contribution in [0.25, 0.3) is 4.96 Å². The summed E-state index contributed by atoms with van der Waals surface area (Å²) in [6.45, 7) is 3.69. The molecule has 138 valence electrons. The van der Waals surface area contributed by atoms with E-state index in [1.165, 1.54) is 11.3 Å². The van der Waals surface area contributed by atoms with E-state index < -0.39 is 12.1 Å². The first-order valence-corrected chi connectivity index (χ1v) is 9.29. The predicted molar refractivity (Wildman–Crippen MR) is 103 cm³/mol. The van der Waals surface area contributed by atoms with Crippen LogP contribution in [0.2, 0.25) is 0 Å². The fourth-order valence-electron chi connectivity index (χ4n) is 2.16. The van der Waals surface area contributed by atoms with Crippen molar-refractivity contribution in [3.63, 3.8) is 0 Å². The number of carboxylic acid groups (broad SMARTS) is 1. The number of carboxylic acids is 1. The summed E-state index contributed by atoms with van der Waals surface area (Å²) in [5.74, 6) is -1.23. The van der Waals surface area contributed by atoms with E-state index in [9.17, 15) is 9.59 Å². The summed E-state index contributed by atoms with van der Waals surface area (Å²) in [6.07, 6.45) is -1.41.